The largest absolute Gasteiger partial charge is 0.486 e. The summed E-state index contributed by atoms with van der Waals surface area (Å²) in [6.45, 7) is 4.29. The second-order valence-corrected chi connectivity index (χ2v) is 4.83. The maximum absolute atomic E-state index is 5.81. The minimum atomic E-state index is 0.449. The highest BCUT2D eigenvalue weighted by Crippen LogP contribution is 2.21. The van der Waals surface area contributed by atoms with Gasteiger partial charge in [-0.15, -0.1) is 0 Å². The molecular weight excluding hydrogens is 252 g/mol. The van der Waals surface area contributed by atoms with Gasteiger partial charge in [0.15, 0.2) is 0 Å². The van der Waals surface area contributed by atoms with Crippen molar-refractivity contribution in [2.24, 2.45) is 0 Å². The van der Waals surface area contributed by atoms with E-state index in [1.54, 1.807) is 6.26 Å². The fraction of sp³-hybridized carbons (Fsp3) is 0.375. The van der Waals surface area contributed by atoms with E-state index in [9.17, 15) is 0 Å². The zero-order valence-corrected chi connectivity index (χ0v) is 12.3. The van der Waals surface area contributed by atoms with Crippen molar-refractivity contribution in [3.8, 4) is 5.75 Å². The molecule has 0 aliphatic heterocycles. The first kappa shape index (κ1) is 14.5. The Morgan fingerprint density at radius 1 is 1.25 bits per heavy atom. The molecule has 0 radical (unpaired) electrons. The highest BCUT2D eigenvalue weighted by molar-refractivity contribution is 5.49. The number of nitrogens with zero attached hydrogens (tertiary/aromatic N) is 1. The number of ether oxygens (including phenoxy) is 1. The first-order valence-corrected chi connectivity index (χ1v) is 6.87. The number of hydrogen-bond acceptors (Lipinski definition) is 4. The van der Waals surface area contributed by atoms with Crippen LogP contribution in [0.2, 0.25) is 0 Å². The van der Waals surface area contributed by atoms with Crippen LogP contribution in [0.25, 0.3) is 0 Å². The van der Waals surface area contributed by atoms with E-state index in [1.807, 2.05) is 38.4 Å². The van der Waals surface area contributed by atoms with Gasteiger partial charge in [-0.25, -0.2) is 0 Å². The second-order valence-electron chi connectivity index (χ2n) is 4.83. The summed E-state index contributed by atoms with van der Waals surface area (Å²) in [6.07, 6.45) is 1.71. The van der Waals surface area contributed by atoms with Gasteiger partial charge in [0.1, 0.15) is 18.1 Å². The molecule has 0 bridgehead atoms. The Labute approximate surface area is 120 Å². The van der Waals surface area contributed by atoms with Gasteiger partial charge in [0, 0.05) is 38.0 Å². The van der Waals surface area contributed by atoms with E-state index >= 15 is 0 Å². The molecule has 1 N–H and O–H groups in total. The van der Waals surface area contributed by atoms with Crippen molar-refractivity contribution >= 4 is 5.69 Å². The van der Waals surface area contributed by atoms with E-state index in [4.69, 9.17) is 9.15 Å². The lowest BCUT2D eigenvalue weighted by atomic mass is 10.2. The molecule has 2 rings (SSSR count). The molecule has 0 unspecified atom stereocenters. The van der Waals surface area contributed by atoms with Crippen LogP contribution in [0, 0.1) is 0 Å². The Morgan fingerprint density at radius 2 is 2.10 bits per heavy atom. The topological polar surface area (TPSA) is 37.6 Å². The van der Waals surface area contributed by atoms with Crippen LogP contribution in [0.3, 0.4) is 0 Å². The zero-order valence-electron chi connectivity index (χ0n) is 12.3. The lowest BCUT2D eigenvalue weighted by Gasteiger charge is -2.14. The highest BCUT2D eigenvalue weighted by Gasteiger charge is 2.07. The van der Waals surface area contributed by atoms with Gasteiger partial charge < -0.3 is 19.4 Å². The van der Waals surface area contributed by atoms with Crippen LogP contribution in [0.1, 0.15) is 18.2 Å². The number of anilines is 1. The van der Waals surface area contributed by atoms with E-state index in [-0.39, 0.29) is 0 Å². The predicted molar refractivity (Wildman–Crippen MR) is 81.2 cm³/mol. The monoisotopic (exact) mass is 274 g/mol. The van der Waals surface area contributed by atoms with Crippen molar-refractivity contribution in [3.05, 3.63) is 47.9 Å². The summed E-state index contributed by atoms with van der Waals surface area (Å²) in [5.41, 5.74) is 2.27. The smallest absolute Gasteiger partial charge is 0.146 e. The standard InChI is InChI=1S/C16H22N2O2/c1-4-17-11-13-8-9-19-16(13)12-20-15-7-5-6-14(10-15)18(2)3/h5-10,17H,4,11-12H2,1-3H3. The molecule has 2 aromatic rings. The van der Waals surface area contributed by atoms with Crippen LogP contribution >= 0.6 is 0 Å². The summed E-state index contributed by atoms with van der Waals surface area (Å²) >= 11 is 0. The van der Waals surface area contributed by atoms with Crippen molar-refractivity contribution in [3.63, 3.8) is 0 Å². The molecule has 0 atom stereocenters. The quantitative estimate of drug-likeness (QED) is 0.842. The highest BCUT2D eigenvalue weighted by atomic mass is 16.5. The van der Waals surface area contributed by atoms with Crippen LogP contribution in [0.15, 0.2) is 41.0 Å². The molecule has 1 heterocycles. The Hall–Kier alpha value is -1.94. The molecule has 0 fully saturated rings. The summed E-state index contributed by atoms with van der Waals surface area (Å²) < 4.78 is 11.3. The second kappa shape index (κ2) is 7.01. The fourth-order valence-corrected chi connectivity index (χ4v) is 1.91. The maximum atomic E-state index is 5.81. The van der Waals surface area contributed by atoms with Gasteiger partial charge in [0.05, 0.1) is 6.26 Å². The van der Waals surface area contributed by atoms with E-state index in [0.717, 1.165) is 35.9 Å². The van der Waals surface area contributed by atoms with E-state index in [0.29, 0.717) is 6.61 Å². The molecule has 1 aromatic heterocycles. The number of hydrogen-bond donors (Lipinski definition) is 1. The van der Waals surface area contributed by atoms with Crippen molar-refractivity contribution in [1.82, 2.24) is 5.32 Å². The minimum Gasteiger partial charge on any atom is -0.486 e. The number of benzene rings is 1. The number of furan rings is 1. The van der Waals surface area contributed by atoms with Crippen molar-refractivity contribution < 1.29 is 9.15 Å². The Balaban J connectivity index is 1.98. The van der Waals surface area contributed by atoms with Crippen LogP contribution in [-0.2, 0) is 13.2 Å². The summed E-state index contributed by atoms with van der Waals surface area (Å²) in [6, 6.07) is 10.0. The van der Waals surface area contributed by atoms with Gasteiger partial charge in [0.25, 0.3) is 0 Å². The molecule has 1 aromatic carbocycles. The van der Waals surface area contributed by atoms with Crippen molar-refractivity contribution in [2.45, 2.75) is 20.1 Å². The van der Waals surface area contributed by atoms with Crippen LogP contribution in [0.5, 0.6) is 5.75 Å². The zero-order chi connectivity index (χ0) is 14.4. The SMILES string of the molecule is CCNCc1ccoc1COc1cccc(N(C)C)c1. The first-order chi connectivity index (χ1) is 9.70. The molecular formula is C16H22N2O2. The Kier molecular flexibility index (Phi) is 5.07. The normalized spacial score (nSPS) is 10.6. The van der Waals surface area contributed by atoms with Crippen LogP contribution in [-0.4, -0.2) is 20.6 Å². The number of rotatable bonds is 7. The Morgan fingerprint density at radius 3 is 2.85 bits per heavy atom. The molecule has 20 heavy (non-hydrogen) atoms. The van der Waals surface area contributed by atoms with Gasteiger partial charge in [-0.1, -0.05) is 13.0 Å². The van der Waals surface area contributed by atoms with Gasteiger partial charge in [-0.2, -0.15) is 0 Å². The molecule has 0 saturated carbocycles. The van der Waals surface area contributed by atoms with Gasteiger partial charge in [-0.05, 0) is 24.7 Å². The van der Waals surface area contributed by atoms with Crippen LogP contribution < -0.4 is 15.0 Å². The minimum absolute atomic E-state index is 0.449. The predicted octanol–water partition coefficient (Wildman–Crippen LogP) is 3.03. The molecule has 4 nitrogen and oxygen atoms in total. The van der Waals surface area contributed by atoms with Crippen molar-refractivity contribution in [1.29, 1.82) is 0 Å². The summed E-state index contributed by atoms with van der Waals surface area (Å²) in [5, 5.41) is 3.29. The van der Waals surface area contributed by atoms with Crippen molar-refractivity contribution in [2.75, 3.05) is 25.5 Å². The average Bonchev–Trinajstić information content (AvgIpc) is 2.90. The Bertz CT molecular complexity index is 535. The lowest BCUT2D eigenvalue weighted by Crippen LogP contribution is -2.13. The maximum Gasteiger partial charge on any atom is 0.146 e. The third-order valence-electron chi connectivity index (χ3n) is 3.11. The van der Waals surface area contributed by atoms with E-state index < -0.39 is 0 Å². The average molecular weight is 274 g/mol. The van der Waals surface area contributed by atoms with Gasteiger partial charge in [-0.3, -0.25) is 0 Å². The molecule has 0 spiro atoms. The van der Waals surface area contributed by atoms with Crippen LogP contribution in [0.4, 0.5) is 5.69 Å². The first-order valence-electron chi connectivity index (χ1n) is 6.87. The molecule has 4 heteroatoms. The lowest BCUT2D eigenvalue weighted by molar-refractivity contribution is 0.268. The molecule has 0 aliphatic rings. The van der Waals surface area contributed by atoms with Gasteiger partial charge >= 0.3 is 0 Å². The molecule has 0 saturated heterocycles. The summed E-state index contributed by atoms with van der Waals surface area (Å²) in [7, 11) is 4.03. The number of nitrogens with one attached hydrogen (secondary N) is 1. The van der Waals surface area contributed by atoms with E-state index in [2.05, 4.69) is 23.2 Å². The third kappa shape index (κ3) is 3.78. The van der Waals surface area contributed by atoms with E-state index in [1.165, 1.54) is 0 Å². The third-order valence-corrected chi connectivity index (χ3v) is 3.11. The molecule has 0 amide bonds. The summed E-state index contributed by atoms with van der Waals surface area (Å²) in [4.78, 5) is 2.05. The molecule has 0 aliphatic carbocycles. The molecule has 108 valence electrons. The fourth-order valence-electron chi connectivity index (χ4n) is 1.91. The van der Waals surface area contributed by atoms with Gasteiger partial charge in [0.2, 0.25) is 0 Å². The summed E-state index contributed by atoms with van der Waals surface area (Å²) in [5.74, 6) is 1.73.